The van der Waals surface area contributed by atoms with Gasteiger partial charge in [-0.25, -0.2) is 15.0 Å². The van der Waals surface area contributed by atoms with Gasteiger partial charge in [0.25, 0.3) is 0 Å². The summed E-state index contributed by atoms with van der Waals surface area (Å²) in [5, 5.41) is 28.6. The van der Waals surface area contributed by atoms with E-state index in [1.807, 2.05) is 0 Å². The molecule has 0 spiro atoms. The van der Waals surface area contributed by atoms with Gasteiger partial charge in [0.15, 0.2) is 11.9 Å². The van der Waals surface area contributed by atoms with Crippen molar-refractivity contribution >= 4 is 11.2 Å². The third-order valence-electron chi connectivity index (χ3n) is 3.03. The highest BCUT2D eigenvalue weighted by molar-refractivity contribution is 5.68. The number of aliphatic hydroxyl groups is 3. The highest BCUT2D eigenvalue weighted by Crippen LogP contribution is 2.30. The summed E-state index contributed by atoms with van der Waals surface area (Å²) in [5.74, 6) is 0. The van der Waals surface area contributed by atoms with E-state index in [1.54, 1.807) is 6.20 Å². The predicted octanol–water partition coefficient (Wildman–Crippen LogP) is -1.56. The summed E-state index contributed by atoms with van der Waals surface area (Å²) in [6, 6.07) is 0. The van der Waals surface area contributed by atoms with Gasteiger partial charge < -0.3 is 20.1 Å². The van der Waals surface area contributed by atoms with E-state index in [9.17, 15) is 10.2 Å². The molecule has 1 fully saturated rings. The third-order valence-corrected chi connectivity index (χ3v) is 3.03. The smallest absolute Gasteiger partial charge is 0.165 e. The number of imidazole rings is 1. The first kappa shape index (κ1) is 11.5. The Labute approximate surface area is 102 Å². The first-order valence-corrected chi connectivity index (χ1v) is 5.47. The fraction of sp³-hybridized carbons (Fsp3) is 0.500. The van der Waals surface area contributed by atoms with Crippen molar-refractivity contribution in [1.82, 2.24) is 19.5 Å². The molecule has 2 aromatic rings. The zero-order valence-corrected chi connectivity index (χ0v) is 9.29. The average Bonchev–Trinajstić information content (AvgIpc) is 2.93. The summed E-state index contributed by atoms with van der Waals surface area (Å²) in [7, 11) is 0. The molecule has 1 unspecified atom stereocenters. The Hall–Kier alpha value is -1.61. The Bertz CT molecular complexity index is 560. The van der Waals surface area contributed by atoms with Crippen LogP contribution in [0.3, 0.4) is 0 Å². The van der Waals surface area contributed by atoms with Crippen molar-refractivity contribution in [2.75, 3.05) is 6.61 Å². The summed E-state index contributed by atoms with van der Waals surface area (Å²) in [5.41, 5.74) is 1.06. The normalized spacial score (nSPS) is 32.2. The van der Waals surface area contributed by atoms with E-state index in [4.69, 9.17) is 9.84 Å². The van der Waals surface area contributed by atoms with Crippen molar-refractivity contribution in [2.45, 2.75) is 24.5 Å². The minimum absolute atomic E-state index is 0.365. The summed E-state index contributed by atoms with van der Waals surface area (Å²) < 4.78 is 6.91. The zero-order valence-electron chi connectivity index (χ0n) is 9.29. The molecular formula is C10H12N4O4. The second kappa shape index (κ2) is 4.25. The molecule has 0 amide bonds. The van der Waals surface area contributed by atoms with Gasteiger partial charge in [0.2, 0.25) is 0 Å². The number of aliphatic hydroxyl groups excluding tert-OH is 3. The largest absolute Gasteiger partial charge is 0.394 e. The molecule has 4 atom stereocenters. The molecule has 8 nitrogen and oxygen atoms in total. The SMILES string of the molecule is OC[C@H]1O[C@@H](n2cnc3cncnc32)C(O)[C@H]1O. The topological polar surface area (TPSA) is 114 Å². The highest BCUT2D eigenvalue weighted by Gasteiger charge is 2.43. The summed E-state index contributed by atoms with van der Waals surface area (Å²) in [6.45, 7) is -0.365. The Kier molecular flexibility index (Phi) is 2.71. The molecule has 0 aliphatic carbocycles. The molecule has 0 saturated carbocycles. The molecule has 0 aromatic carbocycles. The minimum Gasteiger partial charge on any atom is -0.394 e. The number of fused-ring (bicyclic) bond motifs is 1. The molecule has 1 aliphatic rings. The lowest BCUT2D eigenvalue weighted by atomic mass is 10.1. The van der Waals surface area contributed by atoms with Crippen LogP contribution in [-0.4, -0.2) is 59.8 Å². The minimum atomic E-state index is -1.14. The van der Waals surface area contributed by atoms with E-state index < -0.39 is 24.5 Å². The van der Waals surface area contributed by atoms with Gasteiger partial charge in [-0.05, 0) is 0 Å². The molecule has 3 N–H and O–H groups in total. The van der Waals surface area contributed by atoms with Gasteiger partial charge >= 0.3 is 0 Å². The van der Waals surface area contributed by atoms with Gasteiger partial charge in [-0.2, -0.15) is 0 Å². The van der Waals surface area contributed by atoms with E-state index in [1.165, 1.54) is 17.2 Å². The van der Waals surface area contributed by atoms with Crippen LogP contribution >= 0.6 is 0 Å². The summed E-state index contributed by atoms with van der Waals surface area (Å²) in [4.78, 5) is 12.0. The number of rotatable bonds is 2. The Morgan fingerprint density at radius 2 is 2.11 bits per heavy atom. The summed E-state index contributed by atoms with van der Waals surface area (Å²) in [6.07, 6.45) is 0.442. The Morgan fingerprint density at radius 3 is 2.83 bits per heavy atom. The molecule has 2 aromatic heterocycles. The Balaban J connectivity index is 2.00. The lowest BCUT2D eigenvalue weighted by molar-refractivity contribution is -0.0511. The van der Waals surface area contributed by atoms with Crippen LogP contribution in [-0.2, 0) is 4.74 Å². The number of hydrogen-bond acceptors (Lipinski definition) is 7. The van der Waals surface area contributed by atoms with Gasteiger partial charge in [0.1, 0.15) is 30.2 Å². The van der Waals surface area contributed by atoms with Crippen LogP contribution in [0.25, 0.3) is 11.2 Å². The molecule has 0 radical (unpaired) electrons. The maximum atomic E-state index is 9.91. The maximum absolute atomic E-state index is 9.91. The summed E-state index contributed by atoms with van der Waals surface area (Å²) >= 11 is 0. The predicted molar refractivity (Wildman–Crippen MR) is 58.3 cm³/mol. The number of ether oxygens (including phenoxy) is 1. The number of aromatic nitrogens is 4. The van der Waals surface area contributed by atoms with Crippen molar-refractivity contribution in [3.05, 3.63) is 18.9 Å². The first-order chi connectivity index (χ1) is 8.72. The van der Waals surface area contributed by atoms with Crippen LogP contribution in [0.2, 0.25) is 0 Å². The van der Waals surface area contributed by atoms with Crippen molar-refractivity contribution < 1.29 is 20.1 Å². The molecule has 1 saturated heterocycles. The van der Waals surface area contributed by atoms with Crippen LogP contribution in [0.15, 0.2) is 18.9 Å². The second-order valence-electron chi connectivity index (χ2n) is 4.11. The van der Waals surface area contributed by atoms with Crippen molar-refractivity contribution in [2.24, 2.45) is 0 Å². The quantitative estimate of drug-likeness (QED) is 0.592. The van der Waals surface area contributed by atoms with Crippen LogP contribution in [0.5, 0.6) is 0 Å². The highest BCUT2D eigenvalue weighted by atomic mass is 16.6. The molecule has 3 heterocycles. The van der Waals surface area contributed by atoms with E-state index in [0.29, 0.717) is 11.2 Å². The molecule has 3 rings (SSSR count). The van der Waals surface area contributed by atoms with Crippen LogP contribution in [0, 0.1) is 0 Å². The first-order valence-electron chi connectivity index (χ1n) is 5.47. The van der Waals surface area contributed by atoms with Crippen LogP contribution < -0.4 is 0 Å². The molecule has 1 aliphatic heterocycles. The van der Waals surface area contributed by atoms with Gasteiger partial charge in [0, 0.05) is 0 Å². The van der Waals surface area contributed by atoms with E-state index in [0.717, 1.165) is 0 Å². The van der Waals surface area contributed by atoms with Crippen molar-refractivity contribution in [1.29, 1.82) is 0 Å². The lowest BCUT2D eigenvalue weighted by Crippen LogP contribution is -2.33. The molecule has 18 heavy (non-hydrogen) atoms. The van der Waals surface area contributed by atoms with E-state index >= 15 is 0 Å². The fourth-order valence-corrected chi connectivity index (χ4v) is 2.08. The number of hydrogen-bond donors (Lipinski definition) is 3. The van der Waals surface area contributed by atoms with E-state index in [2.05, 4.69) is 15.0 Å². The molecular weight excluding hydrogens is 240 g/mol. The van der Waals surface area contributed by atoms with Gasteiger partial charge in [-0.1, -0.05) is 0 Å². The maximum Gasteiger partial charge on any atom is 0.165 e. The average molecular weight is 252 g/mol. The molecule has 8 heteroatoms. The van der Waals surface area contributed by atoms with E-state index in [-0.39, 0.29) is 6.61 Å². The number of nitrogens with zero attached hydrogens (tertiary/aromatic N) is 4. The fourth-order valence-electron chi connectivity index (χ4n) is 2.08. The second-order valence-corrected chi connectivity index (χ2v) is 4.11. The van der Waals surface area contributed by atoms with Crippen LogP contribution in [0.1, 0.15) is 6.23 Å². The van der Waals surface area contributed by atoms with Crippen molar-refractivity contribution in [3.63, 3.8) is 0 Å². The molecule has 0 bridgehead atoms. The Morgan fingerprint density at radius 1 is 1.28 bits per heavy atom. The van der Waals surface area contributed by atoms with Gasteiger partial charge in [-0.15, -0.1) is 0 Å². The standard InChI is InChI=1S/C10H12N4O4/c15-2-6-7(16)8(17)10(18-6)14-4-13-5-1-11-3-12-9(5)14/h1,3-4,6-8,10,15-17H,2H2/t6-,7+,8?,10-/m1/s1. The van der Waals surface area contributed by atoms with Crippen LogP contribution in [0.4, 0.5) is 0 Å². The lowest BCUT2D eigenvalue weighted by Gasteiger charge is -2.16. The van der Waals surface area contributed by atoms with Gasteiger partial charge in [0.05, 0.1) is 19.1 Å². The van der Waals surface area contributed by atoms with Gasteiger partial charge in [-0.3, -0.25) is 4.57 Å². The molecule has 96 valence electrons. The third kappa shape index (κ3) is 1.58. The van der Waals surface area contributed by atoms with Crippen molar-refractivity contribution in [3.8, 4) is 0 Å². The monoisotopic (exact) mass is 252 g/mol. The zero-order chi connectivity index (χ0) is 12.7.